The van der Waals surface area contributed by atoms with Gasteiger partial charge in [-0.25, -0.2) is 0 Å². The van der Waals surface area contributed by atoms with Crippen LogP contribution in [0.2, 0.25) is 0 Å². The highest BCUT2D eigenvalue weighted by Gasteiger charge is 2.05. The van der Waals surface area contributed by atoms with Crippen LogP contribution in [0.4, 0.5) is 0 Å². The maximum absolute atomic E-state index is 9.27. The first-order valence-electron chi connectivity index (χ1n) is 3.97. The largest absolute Gasteiger partial charge is 0.504 e. The van der Waals surface area contributed by atoms with Gasteiger partial charge in [0.25, 0.3) is 0 Å². The van der Waals surface area contributed by atoms with E-state index in [2.05, 4.69) is 0 Å². The summed E-state index contributed by atoms with van der Waals surface area (Å²) in [6, 6.07) is 4.51. The van der Waals surface area contributed by atoms with Crippen molar-refractivity contribution in [1.82, 2.24) is 0 Å². The minimum Gasteiger partial charge on any atom is -0.504 e. The van der Waals surface area contributed by atoms with E-state index in [4.69, 9.17) is 14.6 Å². The third kappa shape index (κ3) is 2.52. The van der Waals surface area contributed by atoms with Gasteiger partial charge in [-0.05, 0) is 19.1 Å². The van der Waals surface area contributed by atoms with E-state index in [-0.39, 0.29) is 24.0 Å². The van der Waals surface area contributed by atoms with E-state index in [1.165, 1.54) is 6.07 Å². The predicted molar refractivity (Wildman–Crippen MR) is 46.9 cm³/mol. The summed E-state index contributed by atoms with van der Waals surface area (Å²) in [6.07, 6.45) is 0. The van der Waals surface area contributed by atoms with E-state index in [0.717, 1.165) is 0 Å². The molecular weight excluding hydrogens is 172 g/mol. The molecule has 4 heteroatoms. The minimum atomic E-state index is -0.262. The molecule has 0 bridgehead atoms. The first-order chi connectivity index (χ1) is 6.25. The molecule has 0 aliphatic heterocycles. The molecule has 0 saturated carbocycles. The molecule has 0 fully saturated rings. The quantitative estimate of drug-likeness (QED) is 0.422. The lowest BCUT2D eigenvalue weighted by Crippen LogP contribution is -2.01. The number of aromatic hydroxyl groups is 2. The number of hydrogen-bond acceptors (Lipinski definition) is 4. The van der Waals surface area contributed by atoms with Crippen LogP contribution in [0.5, 0.6) is 17.2 Å². The molecule has 1 rings (SSSR count). The molecule has 4 nitrogen and oxygen atoms in total. The van der Waals surface area contributed by atoms with Crippen LogP contribution in [0.3, 0.4) is 0 Å². The molecule has 0 unspecified atom stereocenters. The van der Waals surface area contributed by atoms with Crippen LogP contribution < -0.4 is 4.74 Å². The zero-order chi connectivity index (χ0) is 9.68. The Morgan fingerprint density at radius 2 is 2.08 bits per heavy atom. The molecule has 0 saturated heterocycles. The van der Waals surface area contributed by atoms with Gasteiger partial charge in [0.15, 0.2) is 18.3 Å². The summed E-state index contributed by atoms with van der Waals surface area (Å²) in [7, 11) is 0. The zero-order valence-corrected chi connectivity index (χ0v) is 7.36. The van der Waals surface area contributed by atoms with E-state index < -0.39 is 0 Å². The lowest BCUT2D eigenvalue weighted by Gasteiger charge is -2.07. The second kappa shape index (κ2) is 4.57. The van der Waals surface area contributed by atoms with Crippen LogP contribution in [0.25, 0.3) is 0 Å². The highest BCUT2D eigenvalue weighted by atomic mass is 16.7. The van der Waals surface area contributed by atoms with Gasteiger partial charge in [-0.1, -0.05) is 6.07 Å². The van der Waals surface area contributed by atoms with Crippen LogP contribution in [0, 0.1) is 0 Å². The molecule has 0 aromatic heterocycles. The smallest absolute Gasteiger partial charge is 0.200 e. The number of hydrogen-bond donors (Lipinski definition) is 2. The van der Waals surface area contributed by atoms with Crippen LogP contribution >= 0.6 is 0 Å². The Kier molecular flexibility index (Phi) is 3.40. The first kappa shape index (κ1) is 9.67. The average Bonchev–Trinajstić information content (AvgIpc) is 2.13. The Labute approximate surface area is 76.3 Å². The van der Waals surface area contributed by atoms with Crippen LogP contribution in [-0.4, -0.2) is 23.6 Å². The van der Waals surface area contributed by atoms with Crippen molar-refractivity contribution in [2.24, 2.45) is 0 Å². The van der Waals surface area contributed by atoms with Crippen molar-refractivity contribution in [3.05, 3.63) is 18.2 Å². The second-order valence-electron chi connectivity index (χ2n) is 2.38. The molecule has 0 amide bonds. The molecule has 0 atom stereocenters. The summed E-state index contributed by atoms with van der Waals surface area (Å²) in [5.74, 6) is -0.246. The van der Waals surface area contributed by atoms with Crippen molar-refractivity contribution >= 4 is 0 Å². The van der Waals surface area contributed by atoms with Crippen LogP contribution in [0.15, 0.2) is 18.2 Å². The molecule has 1 aromatic carbocycles. The van der Waals surface area contributed by atoms with Gasteiger partial charge in [0.1, 0.15) is 0 Å². The number of phenolic OH excluding ortho intramolecular Hbond substituents is 2. The van der Waals surface area contributed by atoms with Crippen LogP contribution in [0.1, 0.15) is 6.92 Å². The Morgan fingerprint density at radius 3 is 2.77 bits per heavy atom. The highest BCUT2D eigenvalue weighted by molar-refractivity contribution is 5.48. The van der Waals surface area contributed by atoms with Gasteiger partial charge in [0.2, 0.25) is 5.75 Å². The van der Waals surface area contributed by atoms with Crippen LogP contribution in [-0.2, 0) is 4.74 Å². The van der Waals surface area contributed by atoms with Crippen molar-refractivity contribution in [1.29, 1.82) is 0 Å². The molecule has 72 valence electrons. The van der Waals surface area contributed by atoms with E-state index in [9.17, 15) is 5.11 Å². The molecule has 0 heterocycles. The summed E-state index contributed by atoms with van der Waals surface area (Å²) in [5, 5.41) is 18.4. The van der Waals surface area contributed by atoms with E-state index in [1.54, 1.807) is 12.1 Å². The van der Waals surface area contributed by atoms with Gasteiger partial charge >= 0.3 is 0 Å². The molecule has 0 aliphatic carbocycles. The summed E-state index contributed by atoms with van der Waals surface area (Å²) >= 11 is 0. The van der Waals surface area contributed by atoms with Crippen molar-refractivity contribution in [3.63, 3.8) is 0 Å². The van der Waals surface area contributed by atoms with E-state index in [0.29, 0.717) is 6.61 Å². The molecule has 1 aromatic rings. The Morgan fingerprint density at radius 1 is 1.31 bits per heavy atom. The molecule has 13 heavy (non-hydrogen) atoms. The normalized spacial score (nSPS) is 9.92. The highest BCUT2D eigenvalue weighted by Crippen LogP contribution is 2.34. The third-order valence-electron chi connectivity index (χ3n) is 1.48. The molecule has 2 N–H and O–H groups in total. The Bertz CT molecular complexity index is 272. The maximum atomic E-state index is 9.27. The summed E-state index contributed by atoms with van der Waals surface area (Å²) < 4.78 is 9.94. The van der Waals surface area contributed by atoms with E-state index in [1.807, 2.05) is 6.92 Å². The summed E-state index contributed by atoms with van der Waals surface area (Å²) in [6.45, 7) is 2.44. The Balaban J connectivity index is 2.61. The number of benzene rings is 1. The van der Waals surface area contributed by atoms with Crippen molar-refractivity contribution in [3.8, 4) is 17.2 Å². The monoisotopic (exact) mass is 184 g/mol. The molecule has 0 spiro atoms. The molecular formula is C9H12O4. The topological polar surface area (TPSA) is 58.9 Å². The maximum Gasteiger partial charge on any atom is 0.200 e. The second-order valence-corrected chi connectivity index (χ2v) is 2.38. The summed E-state index contributed by atoms with van der Waals surface area (Å²) in [5.41, 5.74) is 0. The summed E-state index contributed by atoms with van der Waals surface area (Å²) in [4.78, 5) is 0. The predicted octanol–water partition coefficient (Wildman–Crippen LogP) is 1.47. The van der Waals surface area contributed by atoms with Gasteiger partial charge in [0.05, 0.1) is 0 Å². The third-order valence-corrected chi connectivity index (χ3v) is 1.48. The average molecular weight is 184 g/mol. The van der Waals surface area contributed by atoms with Gasteiger partial charge in [0, 0.05) is 6.61 Å². The standard InChI is InChI=1S/C9H12O4/c1-2-12-6-13-8-5-3-4-7(10)9(8)11/h3-5,10-11H,2,6H2,1H3. The van der Waals surface area contributed by atoms with E-state index >= 15 is 0 Å². The van der Waals surface area contributed by atoms with Crippen molar-refractivity contribution in [2.45, 2.75) is 6.92 Å². The fourth-order valence-corrected chi connectivity index (χ4v) is 0.816. The fourth-order valence-electron chi connectivity index (χ4n) is 0.816. The molecule has 0 radical (unpaired) electrons. The van der Waals surface area contributed by atoms with Gasteiger partial charge < -0.3 is 19.7 Å². The lowest BCUT2D eigenvalue weighted by molar-refractivity contribution is 0.0207. The fraction of sp³-hybridized carbons (Fsp3) is 0.333. The number of ether oxygens (including phenoxy) is 2. The van der Waals surface area contributed by atoms with Gasteiger partial charge in [-0.2, -0.15) is 0 Å². The molecule has 0 aliphatic rings. The van der Waals surface area contributed by atoms with Crippen molar-refractivity contribution < 1.29 is 19.7 Å². The van der Waals surface area contributed by atoms with Gasteiger partial charge in [-0.15, -0.1) is 0 Å². The Hall–Kier alpha value is -1.42. The van der Waals surface area contributed by atoms with Gasteiger partial charge in [-0.3, -0.25) is 0 Å². The number of phenols is 2. The van der Waals surface area contributed by atoms with Crippen molar-refractivity contribution in [2.75, 3.05) is 13.4 Å². The first-order valence-corrected chi connectivity index (χ1v) is 3.97. The zero-order valence-electron chi connectivity index (χ0n) is 7.36. The minimum absolute atomic E-state index is 0.0630. The number of para-hydroxylation sites is 1. The SMILES string of the molecule is CCOCOc1cccc(O)c1O. The number of rotatable bonds is 4. The lowest BCUT2D eigenvalue weighted by atomic mass is 10.3.